The molecular formula is C15H20N2. The molecule has 1 aliphatic carbocycles. The fraction of sp³-hybridized carbons (Fsp3) is 0.533. The zero-order valence-electron chi connectivity index (χ0n) is 10.4. The lowest BCUT2D eigenvalue weighted by Crippen LogP contribution is -2.36. The van der Waals surface area contributed by atoms with Crippen molar-refractivity contribution in [2.24, 2.45) is 5.92 Å². The van der Waals surface area contributed by atoms with Crippen molar-refractivity contribution in [2.75, 3.05) is 0 Å². The third-order valence-electron chi connectivity index (χ3n) is 3.74. The van der Waals surface area contributed by atoms with Crippen LogP contribution >= 0.6 is 0 Å². The molecule has 1 aromatic carbocycles. The summed E-state index contributed by atoms with van der Waals surface area (Å²) >= 11 is 0. The Hall–Kier alpha value is -1.33. The maximum atomic E-state index is 8.85. The number of nitriles is 1. The fourth-order valence-electron chi connectivity index (χ4n) is 2.62. The molecule has 2 nitrogen and oxygen atoms in total. The quantitative estimate of drug-likeness (QED) is 0.862. The SMILES string of the molecule is CC1CCCCC1NCc1cccc(C#N)c1. The normalized spacial score (nSPS) is 24.2. The summed E-state index contributed by atoms with van der Waals surface area (Å²) in [6.07, 6.45) is 5.36. The molecule has 2 atom stereocenters. The van der Waals surface area contributed by atoms with Gasteiger partial charge in [-0.1, -0.05) is 31.9 Å². The van der Waals surface area contributed by atoms with Gasteiger partial charge < -0.3 is 5.32 Å². The lowest BCUT2D eigenvalue weighted by molar-refractivity contribution is 0.279. The third kappa shape index (κ3) is 3.31. The van der Waals surface area contributed by atoms with Crippen molar-refractivity contribution < 1.29 is 0 Å². The van der Waals surface area contributed by atoms with Crippen molar-refractivity contribution in [3.8, 4) is 6.07 Å². The van der Waals surface area contributed by atoms with Crippen molar-refractivity contribution in [3.05, 3.63) is 35.4 Å². The van der Waals surface area contributed by atoms with Crippen LogP contribution in [0.5, 0.6) is 0 Å². The molecule has 0 heterocycles. The van der Waals surface area contributed by atoms with Crippen LogP contribution in [0.3, 0.4) is 0 Å². The molecule has 0 spiro atoms. The molecule has 0 aliphatic heterocycles. The Balaban J connectivity index is 1.90. The second-order valence-corrected chi connectivity index (χ2v) is 5.06. The van der Waals surface area contributed by atoms with Crippen LogP contribution < -0.4 is 5.32 Å². The second kappa shape index (κ2) is 5.84. The van der Waals surface area contributed by atoms with Crippen LogP contribution in [-0.2, 0) is 6.54 Å². The Labute approximate surface area is 104 Å². The largest absolute Gasteiger partial charge is 0.310 e. The van der Waals surface area contributed by atoms with E-state index in [1.165, 1.54) is 31.2 Å². The van der Waals surface area contributed by atoms with E-state index in [0.29, 0.717) is 6.04 Å². The smallest absolute Gasteiger partial charge is 0.0991 e. The number of benzene rings is 1. The molecule has 1 aromatic rings. The minimum Gasteiger partial charge on any atom is -0.310 e. The number of nitrogens with zero attached hydrogens (tertiary/aromatic N) is 1. The van der Waals surface area contributed by atoms with Crippen molar-refractivity contribution >= 4 is 0 Å². The van der Waals surface area contributed by atoms with Crippen LogP contribution in [0.4, 0.5) is 0 Å². The van der Waals surface area contributed by atoms with E-state index < -0.39 is 0 Å². The van der Waals surface area contributed by atoms with E-state index in [1.807, 2.05) is 18.2 Å². The van der Waals surface area contributed by atoms with Crippen molar-refractivity contribution in [1.29, 1.82) is 5.26 Å². The van der Waals surface area contributed by atoms with Crippen LogP contribution in [0.25, 0.3) is 0 Å². The molecule has 2 unspecified atom stereocenters. The van der Waals surface area contributed by atoms with Gasteiger partial charge in [0, 0.05) is 12.6 Å². The average molecular weight is 228 g/mol. The Kier molecular flexibility index (Phi) is 4.17. The van der Waals surface area contributed by atoms with Gasteiger partial charge in [0.05, 0.1) is 11.6 Å². The van der Waals surface area contributed by atoms with E-state index in [4.69, 9.17) is 5.26 Å². The second-order valence-electron chi connectivity index (χ2n) is 5.06. The van der Waals surface area contributed by atoms with Gasteiger partial charge in [0.25, 0.3) is 0 Å². The van der Waals surface area contributed by atoms with Crippen LogP contribution in [0.15, 0.2) is 24.3 Å². The highest BCUT2D eigenvalue weighted by atomic mass is 14.9. The maximum absolute atomic E-state index is 8.85. The van der Waals surface area contributed by atoms with Gasteiger partial charge in [-0.15, -0.1) is 0 Å². The number of hydrogen-bond donors (Lipinski definition) is 1. The summed E-state index contributed by atoms with van der Waals surface area (Å²) in [5.74, 6) is 0.780. The van der Waals surface area contributed by atoms with Gasteiger partial charge >= 0.3 is 0 Å². The number of nitrogens with one attached hydrogen (secondary N) is 1. The first-order valence-corrected chi connectivity index (χ1v) is 6.52. The molecule has 1 fully saturated rings. The van der Waals surface area contributed by atoms with Crippen LogP contribution in [0.2, 0.25) is 0 Å². The van der Waals surface area contributed by atoms with E-state index in [0.717, 1.165) is 18.0 Å². The minimum atomic E-state index is 0.648. The molecule has 1 saturated carbocycles. The van der Waals surface area contributed by atoms with E-state index in [2.05, 4.69) is 24.4 Å². The van der Waals surface area contributed by atoms with Gasteiger partial charge in [-0.05, 0) is 36.5 Å². The standard InChI is InChI=1S/C15H20N2/c1-12-5-2-3-8-15(12)17-11-14-7-4-6-13(9-14)10-16/h4,6-7,9,12,15,17H,2-3,5,8,11H2,1H3. The van der Waals surface area contributed by atoms with Gasteiger partial charge in [0.2, 0.25) is 0 Å². The lowest BCUT2D eigenvalue weighted by atomic mass is 9.86. The molecule has 2 rings (SSSR count). The zero-order chi connectivity index (χ0) is 12.1. The summed E-state index contributed by atoms with van der Waals surface area (Å²) < 4.78 is 0. The van der Waals surface area contributed by atoms with E-state index >= 15 is 0 Å². The molecule has 1 N–H and O–H groups in total. The Morgan fingerprint density at radius 1 is 1.35 bits per heavy atom. The monoisotopic (exact) mass is 228 g/mol. The average Bonchev–Trinajstić information content (AvgIpc) is 2.38. The lowest BCUT2D eigenvalue weighted by Gasteiger charge is -2.29. The fourth-order valence-corrected chi connectivity index (χ4v) is 2.62. The zero-order valence-corrected chi connectivity index (χ0v) is 10.4. The Bertz CT molecular complexity index is 406. The molecule has 0 saturated heterocycles. The van der Waals surface area contributed by atoms with Gasteiger partial charge in [-0.2, -0.15) is 5.26 Å². The summed E-state index contributed by atoms with van der Waals surface area (Å²) in [5.41, 5.74) is 1.96. The molecule has 0 aromatic heterocycles. The maximum Gasteiger partial charge on any atom is 0.0991 e. The molecular weight excluding hydrogens is 208 g/mol. The van der Waals surface area contributed by atoms with Crippen LogP contribution in [0, 0.1) is 17.2 Å². The third-order valence-corrected chi connectivity index (χ3v) is 3.74. The Morgan fingerprint density at radius 3 is 2.94 bits per heavy atom. The van der Waals surface area contributed by atoms with Crippen molar-refractivity contribution in [1.82, 2.24) is 5.32 Å². The van der Waals surface area contributed by atoms with Crippen LogP contribution in [-0.4, -0.2) is 6.04 Å². The summed E-state index contributed by atoms with van der Waals surface area (Å²) in [7, 11) is 0. The first-order chi connectivity index (χ1) is 8.29. The summed E-state index contributed by atoms with van der Waals surface area (Å²) in [6.45, 7) is 3.22. The first kappa shape index (κ1) is 12.1. The highest BCUT2D eigenvalue weighted by molar-refractivity contribution is 5.32. The van der Waals surface area contributed by atoms with Gasteiger partial charge in [-0.25, -0.2) is 0 Å². The predicted octanol–water partition coefficient (Wildman–Crippen LogP) is 3.23. The molecule has 0 bridgehead atoms. The summed E-state index contributed by atoms with van der Waals surface area (Å²) in [6, 6.07) is 10.7. The highest BCUT2D eigenvalue weighted by Gasteiger charge is 2.20. The minimum absolute atomic E-state index is 0.648. The molecule has 2 heteroatoms. The molecule has 0 radical (unpaired) electrons. The van der Waals surface area contributed by atoms with Gasteiger partial charge in [0.15, 0.2) is 0 Å². The van der Waals surface area contributed by atoms with Crippen molar-refractivity contribution in [2.45, 2.75) is 45.2 Å². The predicted molar refractivity (Wildman–Crippen MR) is 69.4 cm³/mol. The van der Waals surface area contributed by atoms with Gasteiger partial charge in [-0.3, -0.25) is 0 Å². The highest BCUT2D eigenvalue weighted by Crippen LogP contribution is 2.23. The summed E-state index contributed by atoms with van der Waals surface area (Å²) in [4.78, 5) is 0. The molecule has 90 valence electrons. The van der Waals surface area contributed by atoms with Crippen LogP contribution in [0.1, 0.15) is 43.7 Å². The molecule has 17 heavy (non-hydrogen) atoms. The van der Waals surface area contributed by atoms with E-state index in [-0.39, 0.29) is 0 Å². The van der Waals surface area contributed by atoms with E-state index in [9.17, 15) is 0 Å². The number of rotatable bonds is 3. The topological polar surface area (TPSA) is 35.8 Å². The van der Waals surface area contributed by atoms with Gasteiger partial charge in [0.1, 0.15) is 0 Å². The number of hydrogen-bond acceptors (Lipinski definition) is 2. The van der Waals surface area contributed by atoms with Crippen molar-refractivity contribution in [3.63, 3.8) is 0 Å². The molecule has 1 aliphatic rings. The Morgan fingerprint density at radius 2 is 2.18 bits per heavy atom. The molecule has 0 amide bonds. The van der Waals surface area contributed by atoms with E-state index in [1.54, 1.807) is 0 Å². The first-order valence-electron chi connectivity index (χ1n) is 6.52. The summed E-state index contributed by atoms with van der Waals surface area (Å²) in [5, 5.41) is 12.5.